The fraction of sp³-hybridized carbons (Fsp3) is 0.333. The van der Waals surface area contributed by atoms with Crippen molar-refractivity contribution in [3.05, 3.63) is 55.0 Å². The van der Waals surface area contributed by atoms with Crippen LogP contribution in [-0.4, -0.2) is 49.2 Å². The molecule has 1 unspecified atom stereocenters. The van der Waals surface area contributed by atoms with E-state index < -0.39 is 5.60 Å². The fourth-order valence-electron chi connectivity index (χ4n) is 3.84. The van der Waals surface area contributed by atoms with Gasteiger partial charge in [-0.25, -0.2) is 14.6 Å². The van der Waals surface area contributed by atoms with Crippen LogP contribution in [0.1, 0.15) is 38.4 Å². The number of nitrogens with two attached hydrogens (primary N) is 1. The average molecular weight is 431 g/mol. The van der Waals surface area contributed by atoms with E-state index in [0.717, 1.165) is 18.6 Å². The number of ether oxygens (including phenoxy) is 1. The zero-order valence-electron chi connectivity index (χ0n) is 18.3. The number of nitrogens with zero attached hydrogens (tertiary/aromatic N) is 5. The molecular formula is C24H26N6O2. The van der Waals surface area contributed by atoms with Gasteiger partial charge in [-0.2, -0.15) is 5.10 Å². The molecule has 0 aliphatic carbocycles. The molecule has 4 rings (SSSR count). The summed E-state index contributed by atoms with van der Waals surface area (Å²) >= 11 is 0. The molecule has 2 aromatic heterocycles. The quantitative estimate of drug-likeness (QED) is 0.505. The molecule has 1 fully saturated rings. The first kappa shape index (κ1) is 21.4. The van der Waals surface area contributed by atoms with Crippen LogP contribution < -0.4 is 10.5 Å². The van der Waals surface area contributed by atoms with Crippen LogP contribution in [0.4, 0.5) is 5.82 Å². The third-order valence-electron chi connectivity index (χ3n) is 5.34. The molecule has 1 saturated heterocycles. The highest BCUT2D eigenvalue weighted by Crippen LogP contribution is 2.28. The minimum Gasteiger partial charge on any atom is -0.475 e. The molecule has 0 radical (unpaired) electrons. The van der Waals surface area contributed by atoms with E-state index in [1.807, 2.05) is 48.9 Å². The Hall–Kier alpha value is -3.86. The van der Waals surface area contributed by atoms with Gasteiger partial charge in [0.15, 0.2) is 11.2 Å². The van der Waals surface area contributed by atoms with Crippen molar-refractivity contribution in [2.24, 2.45) is 0 Å². The number of amides is 1. The minimum atomic E-state index is -0.750. The number of benzene rings is 1. The first-order valence-electron chi connectivity index (χ1n) is 10.6. The second kappa shape index (κ2) is 8.71. The molecule has 8 heteroatoms. The first-order chi connectivity index (χ1) is 15.4. The Morgan fingerprint density at radius 3 is 2.84 bits per heavy atom. The maximum atomic E-state index is 12.1. The standard InChI is InChI=1S/C24H26N6O2/c1-4-20(31)29-14-8-9-17(15-29)30-23-21(22(25)26-16-27-23)19(28-30)12-13-24(2,3)32-18-10-6-5-7-11-18/h4-7,10-11,16-17H,1,8-9,14-15H2,2-3H3,(H2,25,26,27). The lowest BCUT2D eigenvalue weighted by molar-refractivity contribution is -0.127. The van der Waals surface area contributed by atoms with Crippen LogP contribution in [0, 0.1) is 11.8 Å². The highest BCUT2D eigenvalue weighted by Gasteiger charge is 2.27. The third-order valence-corrected chi connectivity index (χ3v) is 5.34. The van der Waals surface area contributed by atoms with Crippen molar-refractivity contribution in [3.63, 3.8) is 0 Å². The Balaban J connectivity index is 1.69. The van der Waals surface area contributed by atoms with Crippen LogP contribution in [0.25, 0.3) is 11.0 Å². The van der Waals surface area contributed by atoms with Gasteiger partial charge in [0.05, 0.1) is 11.4 Å². The van der Waals surface area contributed by atoms with Crippen molar-refractivity contribution in [2.75, 3.05) is 18.8 Å². The number of nitrogen functional groups attached to an aromatic ring is 1. The molecule has 164 valence electrons. The number of carbonyl (C=O) groups is 1. The van der Waals surface area contributed by atoms with Gasteiger partial charge in [-0.15, -0.1) is 0 Å². The van der Waals surface area contributed by atoms with Crippen LogP contribution in [0.2, 0.25) is 0 Å². The predicted octanol–water partition coefficient (Wildman–Crippen LogP) is 2.97. The summed E-state index contributed by atoms with van der Waals surface area (Å²) in [5, 5.41) is 5.36. The fourth-order valence-corrected chi connectivity index (χ4v) is 3.84. The van der Waals surface area contributed by atoms with E-state index in [0.29, 0.717) is 35.6 Å². The summed E-state index contributed by atoms with van der Waals surface area (Å²) in [7, 11) is 0. The second-order valence-corrected chi connectivity index (χ2v) is 8.21. The number of carbonyl (C=O) groups excluding carboxylic acids is 1. The number of aromatic nitrogens is 4. The number of likely N-dealkylation sites (tertiary alicyclic amines) is 1. The molecule has 2 N–H and O–H groups in total. The van der Waals surface area contributed by atoms with E-state index in [1.54, 1.807) is 4.90 Å². The molecule has 1 aliphatic rings. The summed E-state index contributed by atoms with van der Waals surface area (Å²) in [4.78, 5) is 22.5. The molecule has 32 heavy (non-hydrogen) atoms. The van der Waals surface area contributed by atoms with E-state index in [2.05, 4.69) is 28.4 Å². The maximum Gasteiger partial charge on any atom is 0.246 e. The third kappa shape index (κ3) is 4.42. The van der Waals surface area contributed by atoms with Crippen molar-refractivity contribution in [3.8, 4) is 17.6 Å². The van der Waals surface area contributed by atoms with E-state index in [-0.39, 0.29) is 11.9 Å². The zero-order chi connectivity index (χ0) is 22.7. The Bertz CT molecular complexity index is 1210. The number of fused-ring (bicyclic) bond motifs is 1. The summed E-state index contributed by atoms with van der Waals surface area (Å²) in [6, 6.07) is 9.50. The van der Waals surface area contributed by atoms with Gasteiger partial charge in [-0.05, 0) is 56.7 Å². The molecule has 0 bridgehead atoms. The largest absolute Gasteiger partial charge is 0.475 e. The summed E-state index contributed by atoms with van der Waals surface area (Å²) in [6.45, 7) is 8.62. The van der Waals surface area contributed by atoms with E-state index in [9.17, 15) is 4.79 Å². The Kier molecular flexibility index (Phi) is 5.82. The number of piperidine rings is 1. The molecule has 0 saturated carbocycles. The SMILES string of the molecule is C=CC(=O)N1CCCC(n2nc(C#CC(C)(C)Oc3ccccc3)c3c(N)ncnc32)C1. The van der Waals surface area contributed by atoms with Crippen molar-refractivity contribution >= 4 is 22.8 Å². The van der Waals surface area contributed by atoms with E-state index in [4.69, 9.17) is 15.6 Å². The van der Waals surface area contributed by atoms with E-state index in [1.165, 1.54) is 12.4 Å². The van der Waals surface area contributed by atoms with Crippen LogP contribution in [0.15, 0.2) is 49.3 Å². The summed E-state index contributed by atoms with van der Waals surface area (Å²) in [5.41, 5.74) is 6.54. The smallest absolute Gasteiger partial charge is 0.246 e. The molecule has 3 aromatic rings. The van der Waals surface area contributed by atoms with Gasteiger partial charge in [-0.3, -0.25) is 4.79 Å². The molecular weight excluding hydrogens is 404 g/mol. The maximum absolute atomic E-state index is 12.1. The topological polar surface area (TPSA) is 99.2 Å². The Morgan fingerprint density at radius 2 is 2.09 bits per heavy atom. The number of rotatable bonds is 4. The van der Waals surface area contributed by atoms with Gasteiger partial charge in [0.25, 0.3) is 0 Å². The van der Waals surface area contributed by atoms with Crippen LogP contribution >= 0.6 is 0 Å². The lowest BCUT2D eigenvalue weighted by atomic mass is 10.1. The Labute approximate surface area is 187 Å². The van der Waals surface area contributed by atoms with Crippen molar-refractivity contribution in [1.82, 2.24) is 24.6 Å². The number of hydrogen-bond acceptors (Lipinski definition) is 6. The van der Waals surface area contributed by atoms with Gasteiger partial charge >= 0.3 is 0 Å². The van der Waals surface area contributed by atoms with Crippen molar-refractivity contribution in [1.29, 1.82) is 0 Å². The Morgan fingerprint density at radius 1 is 1.31 bits per heavy atom. The van der Waals surface area contributed by atoms with Gasteiger partial charge in [0.1, 0.15) is 23.6 Å². The highest BCUT2D eigenvalue weighted by atomic mass is 16.5. The number of para-hydroxylation sites is 1. The van der Waals surface area contributed by atoms with Crippen LogP contribution in [0.3, 0.4) is 0 Å². The highest BCUT2D eigenvalue weighted by molar-refractivity contribution is 5.90. The molecule has 3 heterocycles. The number of anilines is 1. The van der Waals surface area contributed by atoms with Crippen molar-refractivity contribution in [2.45, 2.75) is 38.3 Å². The minimum absolute atomic E-state index is 0.0337. The second-order valence-electron chi connectivity index (χ2n) is 8.21. The predicted molar refractivity (Wildman–Crippen MR) is 123 cm³/mol. The normalized spacial score (nSPS) is 16.3. The van der Waals surface area contributed by atoms with Crippen LogP contribution in [0.5, 0.6) is 5.75 Å². The molecule has 8 nitrogen and oxygen atoms in total. The summed E-state index contributed by atoms with van der Waals surface area (Å²) in [6.07, 6.45) is 4.50. The van der Waals surface area contributed by atoms with Gasteiger partial charge in [0.2, 0.25) is 5.91 Å². The molecule has 0 spiro atoms. The summed E-state index contributed by atoms with van der Waals surface area (Å²) < 4.78 is 7.84. The molecule has 1 aliphatic heterocycles. The molecule has 1 aromatic carbocycles. The molecule has 1 amide bonds. The van der Waals surface area contributed by atoms with Crippen LogP contribution in [-0.2, 0) is 4.79 Å². The average Bonchev–Trinajstić information content (AvgIpc) is 3.18. The van der Waals surface area contributed by atoms with Crippen molar-refractivity contribution < 1.29 is 9.53 Å². The van der Waals surface area contributed by atoms with E-state index >= 15 is 0 Å². The lowest BCUT2D eigenvalue weighted by Gasteiger charge is -2.32. The first-order valence-corrected chi connectivity index (χ1v) is 10.6. The van der Waals surface area contributed by atoms with Gasteiger partial charge in [-0.1, -0.05) is 24.8 Å². The zero-order valence-corrected chi connectivity index (χ0v) is 18.3. The number of hydrogen-bond donors (Lipinski definition) is 1. The molecule has 1 atom stereocenters. The van der Waals surface area contributed by atoms with Gasteiger partial charge < -0.3 is 15.4 Å². The lowest BCUT2D eigenvalue weighted by Crippen LogP contribution is -2.40. The monoisotopic (exact) mass is 430 g/mol. The van der Waals surface area contributed by atoms with Gasteiger partial charge in [0, 0.05) is 13.1 Å². The summed E-state index contributed by atoms with van der Waals surface area (Å²) in [5.74, 6) is 7.26.